The molecular weight excluding hydrogens is 243 g/mol. The number of rotatable bonds is 0. The van der Waals surface area contributed by atoms with Crippen molar-refractivity contribution in [1.29, 1.82) is 0 Å². The quantitative estimate of drug-likeness (QED) is 0.686. The third-order valence-electron chi connectivity index (χ3n) is 1.60. The number of hydrogen-bond donors (Lipinski definition) is 1. The molecule has 0 atom stereocenters. The number of nitrogen functional groups attached to an aromatic ring is 1. The van der Waals surface area contributed by atoms with Crippen LogP contribution in [0.15, 0.2) is 6.33 Å². The predicted octanol–water partition coefficient (Wildman–Crippen LogP) is 0.354. The molecule has 0 bridgehead atoms. The van der Waals surface area contributed by atoms with Crippen molar-refractivity contribution in [3.8, 4) is 0 Å². The third-order valence-corrected chi connectivity index (χ3v) is 1.60. The van der Waals surface area contributed by atoms with Crippen LogP contribution in [0.1, 0.15) is 5.82 Å². The minimum absolute atomic E-state index is 0. The predicted molar refractivity (Wildman–Crippen MR) is 45.2 cm³/mol. The molecule has 0 aliphatic heterocycles. The molecule has 1 radical (unpaired) electrons. The summed E-state index contributed by atoms with van der Waals surface area (Å²) < 4.78 is 1.57. The van der Waals surface area contributed by atoms with Crippen molar-refractivity contribution in [2.75, 3.05) is 5.73 Å². The molecule has 2 N–H and O–H groups in total. The van der Waals surface area contributed by atoms with Gasteiger partial charge in [0.05, 0.1) is 11.2 Å². The molecule has 0 amide bonds. The van der Waals surface area contributed by atoms with Gasteiger partial charge >= 0.3 is 0 Å². The Kier molecular flexibility index (Phi) is 2.88. The van der Waals surface area contributed by atoms with Crippen molar-refractivity contribution in [3.63, 3.8) is 0 Å². The Morgan fingerprint density at radius 1 is 1.46 bits per heavy atom. The molecule has 0 fully saturated rings. The van der Waals surface area contributed by atoms with Crippen LogP contribution in [0.2, 0.25) is 0 Å². The topological polar surface area (TPSA) is 69.6 Å². The summed E-state index contributed by atoms with van der Waals surface area (Å²) in [7, 11) is 3.70. The Labute approximate surface area is 101 Å². The van der Waals surface area contributed by atoms with Gasteiger partial charge in [0, 0.05) is 32.7 Å². The third kappa shape index (κ3) is 1.66. The smallest absolute Gasteiger partial charge is 0.141 e. The molecule has 2 aromatic rings. The van der Waals surface area contributed by atoms with E-state index < -0.39 is 0 Å². The van der Waals surface area contributed by atoms with E-state index in [0.29, 0.717) is 22.8 Å². The van der Waals surface area contributed by atoms with Gasteiger partial charge in [0.2, 0.25) is 0 Å². The van der Waals surface area contributed by atoms with Gasteiger partial charge in [0.15, 0.2) is 0 Å². The van der Waals surface area contributed by atoms with E-state index in [9.17, 15) is 0 Å². The van der Waals surface area contributed by atoms with Crippen LogP contribution in [0.3, 0.4) is 0 Å². The summed E-state index contributed by atoms with van der Waals surface area (Å²) in [5.74, 6) is 1.03. The summed E-state index contributed by atoms with van der Waals surface area (Å²) >= 11 is 0. The summed E-state index contributed by atoms with van der Waals surface area (Å²) in [5.41, 5.74) is 6.89. The monoisotopic (exact) mass is 251 g/mol. The van der Waals surface area contributed by atoms with E-state index in [1.807, 2.05) is 0 Å². The maximum Gasteiger partial charge on any atom is 0.141 e. The minimum atomic E-state index is 0. The van der Waals surface area contributed by atoms with Gasteiger partial charge in [0.1, 0.15) is 11.6 Å². The molecule has 0 aromatic carbocycles. The van der Waals surface area contributed by atoms with Crippen molar-refractivity contribution < 1.29 is 32.7 Å². The first-order chi connectivity index (χ1) is 5.68. The van der Waals surface area contributed by atoms with Crippen LogP contribution in [0.5, 0.6) is 0 Å². The van der Waals surface area contributed by atoms with Crippen LogP contribution < -0.4 is 5.73 Å². The van der Waals surface area contributed by atoms with Crippen molar-refractivity contribution in [2.24, 2.45) is 0 Å². The number of imidazole rings is 1. The first-order valence-corrected chi connectivity index (χ1v) is 3.46. The van der Waals surface area contributed by atoms with E-state index >= 15 is 0 Å². The standard InChI is InChI=1S/C7H8N5.Y/c1-4-10-6(8)5-7(11-4)12(2)3-9-5;/h3H,2H2,1H3,(H2,8,10,11);/q-1;. The normalized spacial score (nSPS) is 9.92. The molecule has 5 nitrogen and oxygen atoms in total. The molecule has 0 saturated carbocycles. The largest absolute Gasteiger partial charge is 0.456 e. The zero-order valence-corrected chi connectivity index (χ0v) is 10.1. The van der Waals surface area contributed by atoms with Crippen LogP contribution in [-0.4, -0.2) is 19.5 Å². The maximum atomic E-state index is 5.62. The number of nitrogens with zero attached hydrogens (tertiary/aromatic N) is 4. The van der Waals surface area contributed by atoms with Crippen molar-refractivity contribution in [3.05, 3.63) is 19.2 Å². The number of hydrogen-bond acceptors (Lipinski definition) is 4. The summed E-state index contributed by atoms with van der Waals surface area (Å²) in [6.45, 7) is 1.78. The van der Waals surface area contributed by atoms with Gasteiger partial charge < -0.3 is 15.3 Å². The Balaban J connectivity index is 0.000000845. The second-order valence-corrected chi connectivity index (χ2v) is 2.54. The van der Waals surface area contributed by atoms with Crippen LogP contribution in [0, 0.1) is 14.0 Å². The molecule has 6 heteroatoms. The molecule has 0 spiro atoms. The van der Waals surface area contributed by atoms with E-state index in [0.717, 1.165) is 0 Å². The van der Waals surface area contributed by atoms with Gasteiger partial charge in [-0.1, -0.05) is 0 Å². The van der Waals surface area contributed by atoms with E-state index in [-0.39, 0.29) is 32.7 Å². The van der Waals surface area contributed by atoms with Gasteiger partial charge in [-0.2, -0.15) is 0 Å². The van der Waals surface area contributed by atoms with Crippen molar-refractivity contribution >= 4 is 17.0 Å². The van der Waals surface area contributed by atoms with Crippen LogP contribution >= 0.6 is 0 Å². The number of aryl methyl sites for hydroxylation is 1. The fraction of sp³-hybridized carbons (Fsp3) is 0.143. The van der Waals surface area contributed by atoms with Crippen molar-refractivity contribution in [2.45, 2.75) is 6.92 Å². The maximum absolute atomic E-state index is 5.62. The second-order valence-electron chi connectivity index (χ2n) is 2.54. The summed E-state index contributed by atoms with van der Waals surface area (Å²) in [4.78, 5) is 12.1. The molecule has 2 heterocycles. The molecule has 2 rings (SSSR count). The first-order valence-electron chi connectivity index (χ1n) is 3.46. The van der Waals surface area contributed by atoms with E-state index in [4.69, 9.17) is 5.73 Å². The zero-order chi connectivity index (χ0) is 8.72. The Morgan fingerprint density at radius 2 is 2.15 bits per heavy atom. The number of fused-ring (bicyclic) bond motifs is 1. The number of nitrogens with two attached hydrogens (primary N) is 1. The van der Waals surface area contributed by atoms with Gasteiger partial charge in [0.25, 0.3) is 0 Å². The Bertz CT molecular complexity index is 436. The Hall–Kier alpha value is -0.676. The number of anilines is 1. The van der Waals surface area contributed by atoms with Crippen molar-refractivity contribution in [1.82, 2.24) is 19.5 Å². The van der Waals surface area contributed by atoms with E-state index in [1.165, 1.54) is 0 Å². The van der Waals surface area contributed by atoms with E-state index in [2.05, 4.69) is 22.0 Å². The van der Waals surface area contributed by atoms with Gasteiger partial charge in [-0.3, -0.25) is 4.98 Å². The fourth-order valence-electron chi connectivity index (χ4n) is 1.08. The summed E-state index contributed by atoms with van der Waals surface area (Å²) in [6, 6.07) is 0. The Morgan fingerprint density at radius 3 is 2.85 bits per heavy atom. The average molecular weight is 251 g/mol. The molecule has 65 valence electrons. The van der Waals surface area contributed by atoms with E-state index in [1.54, 1.807) is 17.8 Å². The molecule has 0 aliphatic carbocycles. The average Bonchev–Trinajstić information content (AvgIpc) is 2.33. The summed E-state index contributed by atoms with van der Waals surface area (Å²) in [5, 5.41) is 0. The van der Waals surface area contributed by atoms with Crippen LogP contribution in [0.25, 0.3) is 11.2 Å². The van der Waals surface area contributed by atoms with Crippen LogP contribution in [-0.2, 0) is 32.7 Å². The first kappa shape index (κ1) is 10.4. The summed E-state index contributed by atoms with van der Waals surface area (Å²) in [6.07, 6.45) is 1.56. The molecular formula is C7H8N5Y-. The van der Waals surface area contributed by atoms with Crippen LogP contribution in [0.4, 0.5) is 5.82 Å². The molecule has 0 aliphatic rings. The minimum Gasteiger partial charge on any atom is -0.456 e. The van der Waals surface area contributed by atoms with Gasteiger partial charge in [-0.25, -0.2) is 4.98 Å². The van der Waals surface area contributed by atoms with Gasteiger partial charge in [-0.15, -0.1) is 7.05 Å². The fourth-order valence-corrected chi connectivity index (χ4v) is 1.08. The SMILES string of the molecule is [CH2-]n1cnc2c(N)nc(C)nc21.[Y]. The zero-order valence-electron chi connectivity index (χ0n) is 7.23. The molecule has 2 aromatic heterocycles. The molecule has 13 heavy (non-hydrogen) atoms. The van der Waals surface area contributed by atoms with Gasteiger partial charge in [-0.05, 0) is 13.3 Å². The molecule has 0 unspecified atom stereocenters. The number of aromatic nitrogens is 4. The second kappa shape index (κ2) is 3.59. The molecule has 0 saturated heterocycles.